The maximum atomic E-state index is 10.3. The van der Waals surface area contributed by atoms with Crippen molar-refractivity contribution < 1.29 is 5.11 Å². The zero-order chi connectivity index (χ0) is 11.3. The minimum Gasteiger partial charge on any atom is -0.385 e. The summed E-state index contributed by atoms with van der Waals surface area (Å²) >= 11 is 0. The Kier molecular flexibility index (Phi) is 4.10. The maximum Gasteiger partial charge on any atom is 0.0868 e. The van der Waals surface area contributed by atoms with E-state index in [1.807, 2.05) is 37.3 Å². The Morgan fingerprint density at radius 2 is 1.93 bits per heavy atom. The minimum absolute atomic E-state index is 0.699. The average molecular weight is 204 g/mol. The molecule has 0 radical (unpaired) electrons. The first-order chi connectivity index (χ1) is 7.10. The van der Waals surface area contributed by atoms with E-state index in [0.29, 0.717) is 0 Å². The molecule has 1 atom stereocenters. The Balaban J connectivity index is 2.80. The summed E-state index contributed by atoms with van der Waals surface area (Å²) in [4.78, 5) is 0. The number of unbranched alkanes of at least 4 members (excludes halogenated alkanes) is 1. The van der Waals surface area contributed by atoms with Crippen LogP contribution in [0.2, 0.25) is 0 Å². The van der Waals surface area contributed by atoms with Crippen molar-refractivity contribution in [1.82, 2.24) is 0 Å². The fraction of sp³-hybridized carbons (Fsp3) is 0.429. The van der Waals surface area contributed by atoms with E-state index in [4.69, 9.17) is 0 Å². The first-order valence-corrected chi connectivity index (χ1v) is 5.55. The van der Waals surface area contributed by atoms with Gasteiger partial charge in [0.1, 0.15) is 0 Å². The van der Waals surface area contributed by atoms with Crippen molar-refractivity contribution in [3.05, 3.63) is 42.0 Å². The lowest BCUT2D eigenvalue weighted by Gasteiger charge is -2.23. The van der Waals surface area contributed by atoms with Crippen LogP contribution < -0.4 is 0 Å². The molecule has 1 unspecified atom stereocenters. The highest BCUT2D eigenvalue weighted by Gasteiger charge is 2.21. The van der Waals surface area contributed by atoms with Crippen LogP contribution in [0.5, 0.6) is 0 Å². The number of hydrogen-bond acceptors (Lipinski definition) is 1. The van der Waals surface area contributed by atoms with E-state index in [1.165, 1.54) is 0 Å². The van der Waals surface area contributed by atoms with Crippen LogP contribution in [0, 0.1) is 0 Å². The van der Waals surface area contributed by atoms with Crippen molar-refractivity contribution in [2.45, 2.75) is 38.7 Å². The molecule has 82 valence electrons. The molecule has 1 N–H and O–H groups in total. The van der Waals surface area contributed by atoms with E-state index in [-0.39, 0.29) is 0 Å². The smallest absolute Gasteiger partial charge is 0.0868 e. The Hall–Kier alpha value is -1.08. The summed E-state index contributed by atoms with van der Waals surface area (Å²) in [6.45, 7) is 7.73. The Labute approximate surface area is 92.5 Å². The van der Waals surface area contributed by atoms with Crippen LogP contribution in [0.1, 0.15) is 44.2 Å². The zero-order valence-corrected chi connectivity index (χ0v) is 9.66. The molecule has 0 aliphatic heterocycles. The molecule has 0 fully saturated rings. The quantitative estimate of drug-likeness (QED) is 0.775. The normalized spacial score (nSPS) is 14.6. The highest BCUT2D eigenvalue weighted by atomic mass is 16.3. The predicted octanol–water partition coefficient (Wildman–Crippen LogP) is 3.73. The second-order valence-electron chi connectivity index (χ2n) is 4.20. The van der Waals surface area contributed by atoms with Gasteiger partial charge < -0.3 is 5.11 Å². The van der Waals surface area contributed by atoms with Crippen molar-refractivity contribution >= 4 is 6.08 Å². The molecule has 0 spiro atoms. The summed E-state index contributed by atoms with van der Waals surface area (Å²) in [6.07, 6.45) is 4.79. The molecule has 0 heterocycles. The van der Waals surface area contributed by atoms with Gasteiger partial charge in [0.25, 0.3) is 0 Å². The highest BCUT2D eigenvalue weighted by molar-refractivity contribution is 5.47. The number of hydrogen-bond donors (Lipinski definition) is 1. The van der Waals surface area contributed by atoms with Gasteiger partial charge in [-0.25, -0.2) is 0 Å². The summed E-state index contributed by atoms with van der Waals surface area (Å²) in [5, 5.41) is 10.3. The van der Waals surface area contributed by atoms with Gasteiger partial charge in [0.05, 0.1) is 5.60 Å². The van der Waals surface area contributed by atoms with Crippen LogP contribution in [0.3, 0.4) is 0 Å². The predicted molar refractivity (Wildman–Crippen MR) is 65.6 cm³/mol. The second-order valence-corrected chi connectivity index (χ2v) is 4.20. The molecule has 0 amide bonds. The van der Waals surface area contributed by atoms with Gasteiger partial charge in [-0.15, -0.1) is 0 Å². The first kappa shape index (κ1) is 12.0. The van der Waals surface area contributed by atoms with Crippen LogP contribution in [0.15, 0.2) is 30.8 Å². The number of rotatable bonds is 5. The SMILES string of the molecule is C=Cc1ccc(C(C)(O)CCCC)cc1. The summed E-state index contributed by atoms with van der Waals surface area (Å²) in [7, 11) is 0. The lowest BCUT2D eigenvalue weighted by molar-refractivity contribution is 0.0454. The molecule has 1 aromatic carbocycles. The van der Waals surface area contributed by atoms with Crippen molar-refractivity contribution in [3.8, 4) is 0 Å². The first-order valence-electron chi connectivity index (χ1n) is 5.55. The van der Waals surface area contributed by atoms with Crippen LogP contribution >= 0.6 is 0 Å². The van der Waals surface area contributed by atoms with E-state index < -0.39 is 5.60 Å². The second kappa shape index (κ2) is 5.13. The molecule has 0 saturated carbocycles. The van der Waals surface area contributed by atoms with Gasteiger partial charge in [0.15, 0.2) is 0 Å². The molecule has 0 bridgehead atoms. The molecule has 1 nitrogen and oxygen atoms in total. The van der Waals surface area contributed by atoms with Crippen LogP contribution in [-0.4, -0.2) is 5.11 Å². The molecule has 0 saturated heterocycles. The molecule has 15 heavy (non-hydrogen) atoms. The summed E-state index contributed by atoms with van der Waals surface area (Å²) in [5.74, 6) is 0. The molecule has 0 aliphatic rings. The van der Waals surface area contributed by atoms with Crippen molar-refractivity contribution in [1.29, 1.82) is 0 Å². The van der Waals surface area contributed by atoms with Crippen molar-refractivity contribution in [3.63, 3.8) is 0 Å². The lowest BCUT2D eigenvalue weighted by atomic mass is 9.90. The maximum absolute atomic E-state index is 10.3. The van der Waals surface area contributed by atoms with Gasteiger partial charge >= 0.3 is 0 Å². The summed E-state index contributed by atoms with van der Waals surface area (Å²) in [6, 6.07) is 7.94. The van der Waals surface area contributed by atoms with Gasteiger partial charge in [0.2, 0.25) is 0 Å². The Bertz CT molecular complexity index is 309. The van der Waals surface area contributed by atoms with E-state index in [2.05, 4.69) is 13.5 Å². The molecular formula is C14H20O. The third-order valence-electron chi connectivity index (χ3n) is 2.79. The number of aliphatic hydroxyl groups is 1. The summed E-state index contributed by atoms with van der Waals surface area (Å²) < 4.78 is 0. The van der Waals surface area contributed by atoms with Gasteiger partial charge in [-0.3, -0.25) is 0 Å². The summed E-state index contributed by atoms with van der Waals surface area (Å²) in [5.41, 5.74) is 1.38. The molecule has 0 aromatic heterocycles. The average Bonchev–Trinajstić information content (AvgIpc) is 2.26. The standard InChI is InChI=1S/C14H20O/c1-4-6-11-14(3,15)13-9-7-12(5-2)8-10-13/h5,7-10,15H,2,4,6,11H2,1,3H3. The minimum atomic E-state index is -0.699. The van der Waals surface area contributed by atoms with Gasteiger partial charge in [-0.05, 0) is 24.5 Å². The fourth-order valence-corrected chi connectivity index (χ4v) is 1.64. The Morgan fingerprint density at radius 3 is 2.40 bits per heavy atom. The highest BCUT2D eigenvalue weighted by Crippen LogP contribution is 2.26. The largest absolute Gasteiger partial charge is 0.385 e. The molecular weight excluding hydrogens is 184 g/mol. The van der Waals surface area contributed by atoms with Gasteiger partial charge in [-0.1, -0.05) is 56.7 Å². The van der Waals surface area contributed by atoms with E-state index in [0.717, 1.165) is 30.4 Å². The lowest BCUT2D eigenvalue weighted by Crippen LogP contribution is -2.20. The van der Waals surface area contributed by atoms with Crippen molar-refractivity contribution in [2.75, 3.05) is 0 Å². The topological polar surface area (TPSA) is 20.2 Å². The van der Waals surface area contributed by atoms with Gasteiger partial charge in [0, 0.05) is 0 Å². The van der Waals surface area contributed by atoms with E-state index in [9.17, 15) is 5.11 Å². The molecule has 0 aliphatic carbocycles. The van der Waals surface area contributed by atoms with Crippen molar-refractivity contribution in [2.24, 2.45) is 0 Å². The molecule has 1 heteroatoms. The van der Waals surface area contributed by atoms with E-state index in [1.54, 1.807) is 0 Å². The molecule has 1 aromatic rings. The number of benzene rings is 1. The van der Waals surface area contributed by atoms with Crippen LogP contribution in [-0.2, 0) is 5.60 Å². The monoisotopic (exact) mass is 204 g/mol. The van der Waals surface area contributed by atoms with Gasteiger partial charge in [-0.2, -0.15) is 0 Å². The zero-order valence-electron chi connectivity index (χ0n) is 9.66. The third-order valence-corrected chi connectivity index (χ3v) is 2.79. The molecule has 1 rings (SSSR count). The van der Waals surface area contributed by atoms with E-state index >= 15 is 0 Å². The third kappa shape index (κ3) is 3.21. The Morgan fingerprint density at radius 1 is 1.33 bits per heavy atom. The van der Waals surface area contributed by atoms with Crippen LogP contribution in [0.4, 0.5) is 0 Å². The van der Waals surface area contributed by atoms with Crippen LogP contribution in [0.25, 0.3) is 6.08 Å². The fourth-order valence-electron chi connectivity index (χ4n) is 1.64.